The molecule has 0 aliphatic heterocycles. The van der Waals surface area contributed by atoms with Crippen LogP contribution in [0.2, 0.25) is 0 Å². The molecule has 25 heavy (non-hydrogen) atoms. The molecule has 0 unspecified atom stereocenters. The Morgan fingerprint density at radius 3 is 2.76 bits per heavy atom. The zero-order chi connectivity index (χ0) is 17.8. The number of aryl methyl sites for hydroxylation is 1. The number of anilines is 1. The lowest BCUT2D eigenvalue weighted by Crippen LogP contribution is -2.38. The topological polar surface area (TPSA) is 61.4 Å². The van der Waals surface area contributed by atoms with Gasteiger partial charge in [0.1, 0.15) is 0 Å². The SMILES string of the molecule is CC(=O)Nc1cccc(CNC(=O)N(C)[C@@H]2CCc3ccccc32)c1. The predicted octanol–water partition coefficient (Wildman–Crippen LogP) is 3.47. The Morgan fingerprint density at radius 1 is 1.16 bits per heavy atom. The first-order chi connectivity index (χ1) is 12.0. The van der Waals surface area contributed by atoms with E-state index in [-0.39, 0.29) is 18.0 Å². The minimum absolute atomic E-state index is 0.0911. The molecule has 1 atom stereocenters. The largest absolute Gasteiger partial charge is 0.334 e. The van der Waals surface area contributed by atoms with Crippen molar-refractivity contribution in [3.63, 3.8) is 0 Å². The third-order valence-corrected chi connectivity index (χ3v) is 4.58. The molecule has 0 heterocycles. The average molecular weight is 337 g/mol. The maximum Gasteiger partial charge on any atom is 0.317 e. The Morgan fingerprint density at radius 2 is 1.96 bits per heavy atom. The summed E-state index contributed by atoms with van der Waals surface area (Å²) in [6.07, 6.45) is 1.97. The Labute approximate surface area is 148 Å². The van der Waals surface area contributed by atoms with Crippen molar-refractivity contribution in [2.75, 3.05) is 12.4 Å². The number of carbonyl (C=O) groups is 2. The second-order valence-corrected chi connectivity index (χ2v) is 6.40. The molecule has 0 bridgehead atoms. The number of nitrogens with zero attached hydrogens (tertiary/aromatic N) is 1. The third-order valence-electron chi connectivity index (χ3n) is 4.58. The number of rotatable bonds is 4. The van der Waals surface area contributed by atoms with E-state index in [2.05, 4.69) is 22.8 Å². The van der Waals surface area contributed by atoms with E-state index in [4.69, 9.17) is 0 Å². The van der Waals surface area contributed by atoms with Crippen LogP contribution in [0.3, 0.4) is 0 Å². The van der Waals surface area contributed by atoms with Crippen molar-refractivity contribution in [1.82, 2.24) is 10.2 Å². The van der Waals surface area contributed by atoms with Gasteiger partial charge in [0.25, 0.3) is 0 Å². The fourth-order valence-corrected chi connectivity index (χ4v) is 3.34. The molecular weight excluding hydrogens is 314 g/mol. The van der Waals surface area contributed by atoms with Gasteiger partial charge >= 0.3 is 6.03 Å². The lowest BCUT2D eigenvalue weighted by Gasteiger charge is -2.25. The van der Waals surface area contributed by atoms with Crippen LogP contribution in [0.5, 0.6) is 0 Å². The Hall–Kier alpha value is -2.82. The number of urea groups is 1. The van der Waals surface area contributed by atoms with Gasteiger partial charge in [-0.1, -0.05) is 36.4 Å². The van der Waals surface area contributed by atoms with E-state index in [9.17, 15) is 9.59 Å². The molecule has 0 spiro atoms. The number of fused-ring (bicyclic) bond motifs is 1. The molecule has 0 radical (unpaired) electrons. The maximum absolute atomic E-state index is 12.5. The highest BCUT2D eigenvalue weighted by Gasteiger charge is 2.28. The van der Waals surface area contributed by atoms with E-state index < -0.39 is 0 Å². The van der Waals surface area contributed by atoms with Crippen LogP contribution in [0.4, 0.5) is 10.5 Å². The third kappa shape index (κ3) is 3.99. The molecule has 2 N–H and O–H groups in total. The summed E-state index contributed by atoms with van der Waals surface area (Å²) in [5.74, 6) is -0.110. The van der Waals surface area contributed by atoms with Crippen LogP contribution in [0.25, 0.3) is 0 Å². The minimum Gasteiger partial charge on any atom is -0.334 e. The van der Waals surface area contributed by atoms with Gasteiger partial charge in [-0.05, 0) is 41.7 Å². The smallest absolute Gasteiger partial charge is 0.317 e. The van der Waals surface area contributed by atoms with Gasteiger partial charge in [0.2, 0.25) is 5.91 Å². The summed E-state index contributed by atoms with van der Waals surface area (Å²) in [4.78, 5) is 25.4. The molecule has 3 amide bonds. The van der Waals surface area contributed by atoms with E-state index in [0.29, 0.717) is 6.54 Å². The quantitative estimate of drug-likeness (QED) is 0.897. The Balaban J connectivity index is 1.60. The van der Waals surface area contributed by atoms with Crippen molar-refractivity contribution in [3.8, 4) is 0 Å². The van der Waals surface area contributed by atoms with Crippen LogP contribution in [-0.4, -0.2) is 23.9 Å². The first-order valence-electron chi connectivity index (χ1n) is 8.49. The first kappa shape index (κ1) is 17.0. The van der Waals surface area contributed by atoms with Crippen molar-refractivity contribution in [2.24, 2.45) is 0 Å². The van der Waals surface area contributed by atoms with Crippen LogP contribution in [0, 0.1) is 0 Å². The Kier molecular flexibility index (Phi) is 5.03. The summed E-state index contributed by atoms with van der Waals surface area (Å²) in [5.41, 5.74) is 4.25. The molecule has 2 aromatic rings. The van der Waals surface area contributed by atoms with Gasteiger partial charge in [0.05, 0.1) is 6.04 Å². The molecule has 0 saturated carbocycles. The van der Waals surface area contributed by atoms with Gasteiger partial charge < -0.3 is 15.5 Å². The van der Waals surface area contributed by atoms with E-state index in [0.717, 1.165) is 24.1 Å². The zero-order valence-corrected chi connectivity index (χ0v) is 14.6. The average Bonchev–Trinajstić information content (AvgIpc) is 3.03. The monoisotopic (exact) mass is 337 g/mol. The van der Waals surface area contributed by atoms with E-state index in [1.807, 2.05) is 43.4 Å². The molecule has 1 aliphatic carbocycles. The van der Waals surface area contributed by atoms with Gasteiger partial charge in [-0.25, -0.2) is 4.79 Å². The number of amides is 3. The van der Waals surface area contributed by atoms with Crippen molar-refractivity contribution in [1.29, 1.82) is 0 Å². The summed E-state index contributed by atoms with van der Waals surface area (Å²) >= 11 is 0. The number of hydrogen-bond donors (Lipinski definition) is 2. The zero-order valence-electron chi connectivity index (χ0n) is 14.6. The van der Waals surface area contributed by atoms with Crippen LogP contribution in [-0.2, 0) is 17.8 Å². The number of nitrogens with one attached hydrogen (secondary N) is 2. The fourth-order valence-electron chi connectivity index (χ4n) is 3.34. The standard InChI is InChI=1S/C20H23N3O2/c1-14(24)22-17-8-5-6-15(12-17)13-21-20(25)23(2)19-11-10-16-7-3-4-9-18(16)19/h3-9,12,19H,10-11,13H2,1-2H3,(H,21,25)(H,22,24)/t19-/m1/s1. The molecule has 0 fully saturated rings. The van der Waals surface area contributed by atoms with Gasteiger partial charge in [-0.3, -0.25) is 4.79 Å². The molecule has 0 saturated heterocycles. The lowest BCUT2D eigenvalue weighted by molar-refractivity contribution is -0.114. The highest BCUT2D eigenvalue weighted by atomic mass is 16.2. The predicted molar refractivity (Wildman–Crippen MR) is 98.2 cm³/mol. The van der Waals surface area contributed by atoms with Gasteiger partial charge in [0, 0.05) is 26.2 Å². The summed E-state index contributed by atoms with van der Waals surface area (Å²) in [7, 11) is 1.84. The van der Waals surface area contributed by atoms with E-state index >= 15 is 0 Å². The van der Waals surface area contributed by atoms with E-state index in [1.165, 1.54) is 18.1 Å². The molecule has 5 heteroatoms. The maximum atomic E-state index is 12.5. The fraction of sp³-hybridized carbons (Fsp3) is 0.300. The Bertz CT molecular complexity index is 788. The second kappa shape index (κ2) is 7.38. The second-order valence-electron chi connectivity index (χ2n) is 6.40. The highest BCUT2D eigenvalue weighted by Crippen LogP contribution is 2.34. The number of benzene rings is 2. The minimum atomic E-state index is -0.110. The summed E-state index contributed by atoms with van der Waals surface area (Å²) in [5, 5.41) is 5.71. The number of hydrogen-bond acceptors (Lipinski definition) is 2. The molecule has 3 rings (SSSR count). The molecule has 2 aromatic carbocycles. The number of carbonyl (C=O) groups excluding carboxylic acids is 2. The molecule has 5 nitrogen and oxygen atoms in total. The summed E-state index contributed by atoms with van der Waals surface area (Å²) in [6, 6.07) is 15.8. The van der Waals surface area contributed by atoms with Crippen molar-refractivity contribution >= 4 is 17.6 Å². The van der Waals surface area contributed by atoms with Crippen LogP contribution in [0.1, 0.15) is 36.1 Å². The highest BCUT2D eigenvalue weighted by molar-refractivity contribution is 5.88. The molecule has 1 aliphatic rings. The molecular formula is C20H23N3O2. The van der Waals surface area contributed by atoms with Crippen molar-refractivity contribution in [3.05, 3.63) is 65.2 Å². The van der Waals surface area contributed by atoms with Crippen molar-refractivity contribution < 1.29 is 9.59 Å². The van der Waals surface area contributed by atoms with E-state index in [1.54, 1.807) is 4.90 Å². The van der Waals surface area contributed by atoms with Crippen LogP contribution in [0.15, 0.2) is 48.5 Å². The van der Waals surface area contributed by atoms with Gasteiger partial charge in [0.15, 0.2) is 0 Å². The normalized spacial score (nSPS) is 15.4. The lowest BCUT2D eigenvalue weighted by atomic mass is 10.1. The summed E-state index contributed by atoms with van der Waals surface area (Å²) in [6.45, 7) is 1.90. The molecule has 0 aromatic heterocycles. The van der Waals surface area contributed by atoms with Crippen molar-refractivity contribution in [2.45, 2.75) is 32.4 Å². The molecule has 130 valence electrons. The van der Waals surface area contributed by atoms with Gasteiger partial charge in [-0.2, -0.15) is 0 Å². The van der Waals surface area contributed by atoms with Crippen LogP contribution >= 0.6 is 0 Å². The van der Waals surface area contributed by atoms with Gasteiger partial charge in [-0.15, -0.1) is 0 Å². The summed E-state index contributed by atoms with van der Waals surface area (Å²) < 4.78 is 0. The van der Waals surface area contributed by atoms with Crippen LogP contribution < -0.4 is 10.6 Å². The first-order valence-corrected chi connectivity index (χ1v) is 8.49.